The summed E-state index contributed by atoms with van der Waals surface area (Å²) in [5.74, 6) is -3.94. The molecule has 0 aliphatic carbocycles. The number of esters is 2. The molecule has 0 aliphatic heterocycles. The molecule has 11 nitrogen and oxygen atoms in total. The predicted octanol–water partition coefficient (Wildman–Crippen LogP) is 4.66. The molecule has 0 saturated heterocycles. The topological polar surface area (TPSA) is 150 Å². The maximum atomic E-state index is 15.4. The Bertz CT molecular complexity index is 1100. The number of ether oxygens (including phenoxy) is 2. The van der Waals surface area contributed by atoms with Crippen LogP contribution in [-0.4, -0.2) is 36.4 Å². The van der Waals surface area contributed by atoms with Crippen LogP contribution < -0.4 is 0 Å². The molecular weight excluding hydrogens is 481 g/mol. The summed E-state index contributed by atoms with van der Waals surface area (Å²) in [6, 6.07) is 4.05. The zero-order chi connectivity index (χ0) is 25.7. The molecule has 0 fully saturated rings. The standard InChI is InChI=1S/C20H23F2N2O9P/c1-11(2)18(26)30-9-32-34(29,33-10-31-19(27)12(3)4)20(21,22)14-5-6-15-13(7-14)8-16(23-15)17(25)24-28/h5-8,11-12,23H,9-10H2,1-4H3. The van der Waals surface area contributed by atoms with Gasteiger partial charge in [0.25, 0.3) is 0 Å². The average molecular weight is 504 g/mol. The smallest absolute Gasteiger partial charge is 0.410 e. The summed E-state index contributed by atoms with van der Waals surface area (Å²) in [5, 5.41) is 2.33. The molecule has 0 saturated carbocycles. The van der Waals surface area contributed by atoms with Gasteiger partial charge in [0, 0.05) is 21.6 Å². The molecule has 1 aromatic carbocycles. The minimum Gasteiger partial charge on any atom is -0.438 e. The second-order valence-corrected chi connectivity index (χ2v) is 9.72. The molecule has 186 valence electrons. The third-order valence-electron chi connectivity index (χ3n) is 4.42. The maximum absolute atomic E-state index is 15.4. The van der Waals surface area contributed by atoms with E-state index in [4.69, 9.17) is 9.05 Å². The van der Waals surface area contributed by atoms with E-state index in [1.54, 1.807) is 0 Å². The number of benzene rings is 1. The normalized spacial score (nSPS) is 12.2. The van der Waals surface area contributed by atoms with Crippen LogP contribution >= 0.6 is 7.60 Å². The van der Waals surface area contributed by atoms with Crippen molar-refractivity contribution in [2.75, 3.05) is 13.6 Å². The number of hydrogen-bond donors (Lipinski definition) is 1. The van der Waals surface area contributed by atoms with Crippen molar-refractivity contribution in [1.29, 1.82) is 0 Å². The minimum atomic E-state index is -5.45. The predicted molar refractivity (Wildman–Crippen MR) is 114 cm³/mol. The summed E-state index contributed by atoms with van der Waals surface area (Å²) in [5.41, 5.74) is -5.16. The minimum absolute atomic E-state index is 0.0770. The zero-order valence-electron chi connectivity index (χ0n) is 18.7. The molecule has 0 bridgehead atoms. The van der Waals surface area contributed by atoms with Crippen molar-refractivity contribution in [2.45, 2.75) is 33.4 Å². The van der Waals surface area contributed by atoms with E-state index in [1.807, 2.05) is 0 Å². The molecule has 1 amide bonds. The number of nitrogens with one attached hydrogen (secondary N) is 1. The summed E-state index contributed by atoms with van der Waals surface area (Å²) in [6.07, 6.45) is 0. The van der Waals surface area contributed by atoms with Gasteiger partial charge < -0.3 is 14.5 Å². The Morgan fingerprint density at radius 2 is 1.53 bits per heavy atom. The first-order valence-corrected chi connectivity index (χ1v) is 11.5. The Balaban J connectivity index is 2.36. The number of amides is 1. The Kier molecular flexibility index (Phi) is 8.76. The molecule has 0 unspecified atom stereocenters. The summed E-state index contributed by atoms with van der Waals surface area (Å²) < 4.78 is 62.7. The van der Waals surface area contributed by atoms with E-state index in [9.17, 15) is 23.9 Å². The summed E-state index contributed by atoms with van der Waals surface area (Å²) in [6.45, 7) is 3.73. The van der Waals surface area contributed by atoms with Gasteiger partial charge in [0.1, 0.15) is 5.69 Å². The zero-order valence-corrected chi connectivity index (χ0v) is 19.6. The lowest BCUT2D eigenvalue weighted by Crippen LogP contribution is -2.22. The van der Waals surface area contributed by atoms with Gasteiger partial charge in [-0.05, 0) is 18.2 Å². The molecule has 1 N–H and O–H groups in total. The van der Waals surface area contributed by atoms with Gasteiger partial charge in [0.2, 0.25) is 13.6 Å². The molecule has 1 heterocycles. The molecule has 2 rings (SSSR count). The number of nitrogens with zero attached hydrogens (tertiary/aromatic N) is 1. The molecule has 34 heavy (non-hydrogen) atoms. The molecule has 0 aliphatic rings. The second-order valence-electron chi connectivity index (χ2n) is 7.65. The van der Waals surface area contributed by atoms with Crippen LogP contribution in [-0.2, 0) is 38.3 Å². The van der Waals surface area contributed by atoms with E-state index < -0.39 is 62.1 Å². The SMILES string of the molecule is CC(C)C(=O)OCOP(=O)(OCOC(=O)C(C)C)C(F)(F)c1ccc2[nH]c(C(=O)N=O)cc2c1. The number of carbonyl (C=O) groups is 3. The van der Waals surface area contributed by atoms with Crippen LogP contribution in [0.5, 0.6) is 0 Å². The lowest BCUT2D eigenvalue weighted by Gasteiger charge is -2.26. The van der Waals surface area contributed by atoms with Gasteiger partial charge in [-0.3, -0.25) is 28.0 Å². The molecule has 1 aromatic heterocycles. The fourth-order valence-electron chi connectivity index (χ4n) is 2.48. The fourth-order valence-corrected chi connectivity index (χ4v) is 3.72. The Hall–Kier alpha value is -3.02. The van der Waals surface area contributed by atoms with E-state index in [0.29, 0.717) is 0 Å². The van der Waals surface area contributed by atoms with Crippen molar-refractivity contribution < 1.29 is 46.3 Å². The van der Waals surface area contributed by atoms with Gasteiger partial charge in [0.15, 0.2) is 0 Å². The first-order chi connectivity index (χ1) is 15.8. The number of halogens is 2. The third kappa shape index (κ3) is 6.10. The second kappa shape index (κ2) is 10.9. The van der Waals surface area contributed by atoms with Crippen LogP contribution in [0, 0.1) is 16.7 Å². The van der Waals surface area contributed by atoms with Crippen LogP contribution in [0.25, 0.3) is 10.9 Å². The molecule has 14 heteroatoms. The first-order valence-electron chi connectivity index (χ1n) is 9.93. The van der Waals surface area contributed by atoms with Crippen LogP contribution in [0.3, 0.4) is 0 Å². The Morgan fingerprint density at radius 3 is 2.00 bits per heavy atom. The molecule has 0 radical (unpaired) electrons. The maximum Gasteiger partial charge on any atom is 0.410 e. The summed E-state index contributed by atoms with van der Waals surface area (Å²) in [7, 11) is -5.45. The number of rotatable bonds is 11. The highest BCUT2D eigenvalue weighted by Crippen LogP contribution is 2.67. The number of aromatic amines is 1. The van der Waals surface area contributed by atoms with Crippen molar-refractivity contribution >= 4 is 36.3 Å². The first kappa shape index (κ1) is 27.2. The number of nitroso groups, excluding NO2 is 1. The van der Waals surface area contributed by atoms with Gasteiger partial charge in [-0.1, -0.05) is 33.8 Å². The van der Waals surface area contributed by atoms with E-state index >= 15 is 8.78 Å². The highest BCUT2D eigenvalue weighted by atomic mass is 31.2. The highest BCUT2D eigenvalue weighted by molar-refractivity contribution is 7.54. The Morgan fingerprint density at radius 1 is 1.00 bits per heavy atom. The van der Waals surface area contributed by atoms with Crippen molar-refractivity contribution in [1.82, 2.24) is 4.98 Å². The lowest BCUT2D eigenvalue weighted by molar-refractivity contribution is -0.157. The summed E-state index contributed by atoms with van der Waals surface area (Å²) in [4.78, 5) is 47.6. The van der Waals surface area contributed by atoms with Gasteiger partial charge in [-0.15, -0.1) is 4.91 Å². The van der Waals surface area contributed by atoms with Crippen molar-refractivity contribution in [2.24, 2.45) is 17.0 Å². The number of H-pyrrole nitrogens is 1. The van der Waals surface area contributed by atoms with E-state index in [0.717, 1.165) is 24.3 Å². The quantitative estimate of drug-likeness (QED) is 0.199. The van der Waals surface area contributed by atoms with Gasteiger partial charge >= 0.3 is 31.1 Å². The van der Waals surface area contributed by atoms with Gasteiger partial charge in [-0.25, -0.2) is 0 Å². The van der Waals surface area contributed by atoms with Gasteiger partial charge in [-0.2, -0.15) is 8.78 Å². The molecule has 2 aromatic rings. The van der Waals surface area contributed by atoms with E-state index in [1.165, 1.54) is 27.7 Å². The number of hydrogen-bond acceptors (Lipinski definition) is 9. The number of alkyl halides is 2. The average Bonchev–Trinajstić information content (AvgIpc) is 3.21. The molecule has 0 atom stereocenters. The van der Waals surface area contributed by atoms with Crippen LogP contribution in [0.15, 0.2) is 29.4 Å². The van der Waals surface area contributed by atoms with Crippen LogP contribution in [0.1, 0.15) is 43.7 Å². The number of carbonyl (C=O) groups excluding carboxylic acids is 3. The number of fused-ring (bicyclic) bond motifs is 1. The highest BCUT2D eigenvalue weighted by Gasteiger charge is 2.56. The monoisotopic (exact) mass is 504 g/mol. The fraction of sp³-hybridized carbons (Fsp3) is 0.450. The van der Waals surface area contributed by atoms with Crippen molar-refractivity contribution in [3.8, 4) is 0 Å². The summed E-state index contributed by atoms with van der Waals surface area (Å²) >= 11 is 0. The Labute approximate surface area is 192 Å². The molecule has 0 spiro atoms. The van der Waals surface area contributed by atoms with Gasteiger partial charge in [0.05, 0.1) is 11.8 Å². The van der Waals surface area contributed by atoms with Crippen LogP contribution in [0.4, 0.5) is 8.78 Å². The largest absolute Gasteiger partial charge is 0.438 e. The van der Waals surface area contributed by atoms with Crippen molar-refractivity contribution in [3.05, 3.63) is 40.4 Å². The van der Waals surface area contributed by atoms with Crippen LogP contribution in [0.2, 0.25) is 0 Å². The van der Waals surface area contributed by atoms with Crippen molar-refractivity contribution in [3.63, 3.8) is 0 Å². The third-order valence-corrected chi connectivity index (χ3v) is 6.25. The molecular formula is C20H23F2N2O9P. The number of aromatic nitrogens is 1. The lowest BCUT2D eigenvalue weighted by atomic mass is 10.1. The van der Waals surface area contributed by atoms with E-state index in [2.05, 4.69) is 19.6 Å². The van der Waals surface area contributed by atoms with E-state index in [-0.39, 0.29) is 16.6 Å².